The van der Waals surface area contributed by atoms with Crippen LogP contribution in [0.2, 0.25) is 0 Å². The van der Waals surface area contributed by atoms with Crippen molar-refractivity contribution >= 4 is 34.1 Å². The minimum Gasteiger partial charge on any atom is -0.691 e. The van der Waals surface area contributed by atoms with Gasteiger partial charge in [-0.05, 0) is 0 Å². The number of alkyl halides is 2. The summed E-state index contributed by atoms with van der Waals surface area (Å²) in [7, 11) is -3.98. The van der Waals surface area contributed by atoms with E-state index in [0.29, 0.717) is 0 Å². The summed E-state index contributed by atoms with van der Waals surface area (Å²) in [4.78, 5) is 22.7. The first-order valence-electron chi connectivity index (χ1n) is 6.62. The average molecular weight is 407 g/mol. The Morgan fingerprint density at radius 2 is 2.04 bits per heavy atom. The highest BCUT2D eigenvalue weighted by atomic mass is 32.2. The predicted octanol–water partition coefficient (Wildman–Crippen LogP) is -1.83. The first kappa shape index (κ1) is 18.7. The van der Waals surface area contributed by atoms with Crippen molar-refractivity contribution < 1.29 is 59.8 Å². The highest BCUT2D eigenvalue weighted by Gasteiger charge is 2.67. The number of carbonyl (C=O) groups excluding carboxylic acids is 2. The molecule has 15 heteroatoms. The molecule has 3 rings (SSSR count). The second kappa shape index (κ2) is 6.57. The molecule has 3 aliphatic rings. The molecule has 0 aromatic carbocycles. The number of carbonyl (C=O) groups is 2. The maximum atomic E-state index is 13.1. The van der Waals surface area contributed by atoms with Crippen LogP contribution in [0.1, 0.15) is 6.42 Å². The molecule has 3 saturated heterocycles. The molecular weight excluding hydrogens is 398 g/mol. The molecule has 0 radical (unpaired) electrons. The quantitative estimate of drug-likeness (QED) is 0.154. The maximum Gasteiger partial charge on any atom is 0.415 e. The Bertz CT molecular complexity index is 666. The average Bonchev–Trinajstić information content (AvgIpc) is 3.12. The molecule has 0 amide bonds. The molecule has 25 heavy (non-hydrogen) atoms. The topological polar surface area (TPSA) is 147 Å². The molecule has 3 aliphatic heterocycles. The predicted molar refractivity (Wildman–Crippen MR) is 66.4 cm³/mol. The lowest BCUT2D eigenvalue weighted by Crippen LogP contribution is -2.43. The van der Waals surface area contributed by atoms with Crippen LogP contribution in [-0.4, -0.2) is 61.9 Å². The van der Waals surface area contributed by atoms with Gasteiger partial charge in [-0.2, -0.15) is 21.5 Å². The van der Waals surface area contributed by atoms with E-state index < -0.39 is 75.6 Å². The minimum absolute atomic E-state index is 0.194. The van der Waals surface area contributed by atoms with E-state index in [1.165, 1.54) is 0 Å². The van der Waals surface area contributed by atoms with Crippen LogP contribution < -0.4 is 5.26 Å². The van der Waals surface area contributed by atoms with Crippen LogP contribution in [0.3, 0.4) is 0 Å². The standard InChI is InChI=1S/C10H10F2O11S2/c11-10(12,24-23-22-15)9(14)18-2-5(13)20-6-3-1-4-7(19-3)8(6)25(16,17)21-4/h3-4,6-8,15H,1-2H2/p-1. The van der Waals surface area contributed by atoms with Crippen LogP contribution in [0, 0.1) is 0 Å². The largest absolute Gasteiger partial charge is 0.691 e. The Labute approximate surface area is 142 Å². The van der Waals surface area contributed by atoms with E-state index >= 15 is 0 Å². The van der Waals surface area contributed by atoms with E-state index in [1.54, 1.807) is 0 Å². The van der Waals surface area contributed by atoms with Gasteiger partial charge in [0.05, 0.1) is 6.10 Å². The van der Waals surface area contributed by atoms with Crippen LogP contribution in [0.4, 0.5) is 8.78 Å². The van der Waals surface area contributed by atoms with E-state index in [1.807, 2.05) is 0 Å². The lowest BCUT2D eigenvalue weighted by Gasteiger charge is -2.21. The molecule has 0 saturated carbocycles. The zero-order chi connectivity index (χ0) is 18.4. The number of halogens is 2. The van der Waals surface area contributed by atoms with Gasteiger partial charge < -0.3 is 19.5 Å². The zero-order valence-corrected chi connectivity index (χ0v) is 13.5. The Kier molecular flexibility index (Phi) is 4.91. The van der Waals surface area contributed by atoms with Crippen LogP contribution in [-0.2, 0) is 47.5 Å². The summed E-state index contributed by atoms with van der Waals surface area (Å²) in [6, 6.07) is 0. The molecule has 2 bridgehead atoms. The first-order chi connectivity index (χ1) is 11.7. The van der Waals surface area contributed by atoms with Crippen molar-refractivity contribution in [2.24, 2.45) is 0 Å². The second-order valence-corrected chi connectivity index (χ2v) is 7.77. The van der Waals surface area contributed by atoms with Crippen molar-refractivity contribution in [2.45, 2.75) is 41.3 Å². The third-order valence-corrected chi connectivity index (χ3v) is 5.98. The fourth-order valence-electron chi connectivity index (χ4n) is 2.89. The smallest absolute Gasteiger partial charge is 0.415 e. The van der Waals surface area contributed by atoms with Gasteiger partial charge in [-0.15, -0.1) is 0 Å². The van der Waals surface area contributed by atoms with Gasteiger partial charge in [0.25, 0.3) is 10.1 Å². The Balaban J connectivity index is 1.53. The van der Waals surface area contributed by atoms with Crippen molar-refractivity contribution in [3.63, 3.8) is 0 Å². The molecule has 3 fully saturated rings. The molecule has 0 aliphatic carbocycles. The van der Waals surface area contributed by atoms with Crippen molar-refractivity contribution in [1.82, 2.24) is 0 Å². The number of hydrogen-bond acceptors (Lipinski definition) is 12. The number of rotatable bonds is 7. The lowest BCUT2D eigenvalue weighted by molar-refractivity contribution is -0.777. The van der Waals surface area contributed by atoms with Crippen molar-refractivity contribution in [3.05, 3.63) is 0 Å². The molecule has 0 aromatic rings. The van der Waals surface area contributed by atoms with E-state index in [4.69, 9.17) is 13.7 Å². The van der Waals surface area contributed by atoms with Crippen LogP contribution >= 0.6 is 12.0 Å². The molecule has 5 unspecified atom stereocenters. The Morgan fingerprint density at radius 1 is 1.32 bits per heavy atom. The van der Waals surface area contributed by atoms with Gasteiger partial charge in [0.15, 0.2) is 11.9 Å². The molecule has 3 heterocycles. The third-order valence-electron chi connectivity index (χ3n) is 3.76. The summed E-state index contributed by atoms with van der Waals surface area (Å²) in [6.07, 6.45) is -3.10. The van der Waals surface area contributed by atoms with Gasteiger partial charge in [0.2, 0.25) is 0 Å². The van der Waals surface area contributed by atoms with Crippen LogP contribution in [0.5, 0.6) is 0 Å². The minimum atomic E-state index is -4.31. The lowest BCUT2D eigenvalue weighted by atomic mass is 9.95. The molecule has 11 nitrogen and oxygen atoms in total. The van der Waals surface area contributed by atoms with Gasteiger partial charge >= 0.3 is 17.2 Å². The van der Waals surface area contributed by atoms with Crippen LogP contribution in [0.25, 0.3) is 0 Å². The maximum absolute atomic E-state index is 13.1. The Hall–Kier alpha value is -1.10. The summed E-state index contributed by atoms with van der Waals surface area (Å²) in [5.41, 5.74) is 0. The van der Waals surface area contributed by atoms with E-state index in [0.717, 1.165) is 0 Å². The fraction of sp³-hybridized carbons (Fsp3) is 0.800. The Morgan fingerprint density at radius 3 is 2.72 bits per heavy atom. The third kappa shape index (κ3) is 3.44. The highest BCUT2D eigenvalue weighted by Crippen LogP contribution is 2.47. The van der Waals surface area contributed by atoms with Crippen molar-refractivity contribution in [3.8, 4) is 0 Å². The van der Waals surface area contributed by atoms with Gasteiger partial charge in [0.1, 0.15) is 30.4 Å². The van der Waals surface area contributed by atoms with E-state index in [-0.39, 0.29) is 6.42 Å². The molecule has 0 N–H and O–H groups in total. The van der Waals surface area contributed by atoms with E-state index in [9.17, 15) is 32.0 Å². The van der Waals surface area contributed by atoms with E-state index in [2.05, 4.69) is 14.1 Å². The summed E-state index contributed by atoms with van der Waals surface area (Å²) in [6.45, 7) is -1.21. The second-order valence-electron chi connectivity index (χ2n) is 5.23. The zero-order valence-electron chi connectivity index (χ0n) is 11.9. The molecule has 0 spiro atoms. The van der Waals surface area contributed by atoms with Gasteiger partial charge in [-0.25, -0.2) is 9.59 Å². The molecule has 5 atom stereocenters. The SMILES string of the molecule is O=C(COC(=O)C(F)(F)SOO[O-])OC1C2CC3OS(=O)(=O)C1C3O2. The summed E-state index contributed by atoms with van der Waals surface area (Å²) >= 11 is -0.920. The summed E-state index contributed by atoms with van der Waals surface area (Å²) < 4.78 is 72.3. The number of hydrogen-bond donors (Lipinski definition) is 0. The van der Waals surface area contributed by atoms with Gasteiger partial charge in [-0.1, -0.05) is 0 Å². The van der Waals surface area contributed by atoms with Gasteiger partial charge in [0, 0.05) is 6.42 Å². The summed E-state index contributed by atoms with van der Waals surface area (Å²) in [5.74, 6) is -3.44. The van der Waals surface area contributed by atoms with Crippen molar-refractivity contribution in [1.29, 1.82) is 0 Å². The summed E-state index contributed by atoms with van der Waals surface area (Å²) in [5, 5.41) is 6.61. The molecular formula is C10H9F2O11S2-. The van der Waals surface area contributed by atoms with Crippen LogP contribution in [0.15, 0.2) is 0 Å². The number of esters is 2. The molecule has 142 valence electrons. The normalized spacial score (nSPS) is 34.9. The monoisotopic (exact) mass is 407 g/mol. The first-order valence-corrected chi connectivity index (χ1v) is 8.83. The fourth-order valence-corrected chi connectivity index (χ4v) is 4.92. The number of fused-ring (bicyclic) bond motifs is 1. The highest BCUT2D eigenvalue weighted by molar-refractivity contribution is 7.96. The molecule has 0 aromatic heterocycles. The van der Waals surface area contributed by atoms with Crippen molar-refractivity contribution in [2.75, 3.05) is 6.61 Å². The van der Waals surface area contributed by atoms with Gasteiger partial charge in [-0.3, -0.25) is 9.22 Å². The number of ether oxygens (including phenoxy) is 3.